The molecule has 1 aromatic heterocycles. The van der Waals surface area contributed by atoms with Gasteiger partial charge < -0.3 is 9.73 Å². The third kappa shape index (κ3) is 3.40. The summed E-state index contributed by atoms with van der Waals surface area (Å²) in [6, 6.07) is 12.2. The molecule has 0 saturated heterocycles. The largest absolute Gasteiger partial charge is 0.450 e. The van der Waals surface area contributed by atoms with Gasteiger partial charge in [0.2, 0.25) is 5.91 Å². The van der Waals surface area contributed by atoms with Crippen LogP contribution in [0.15, 0.2) is 51.6 Å². The number of furan rings is 1. The van der Waals surface area contributed by atoms with E-state index in [2.05, 4.69) is 45.5 Å². The van der Waals surface area contributed by atoms with E-state index >= 15 is 0 Å². The first-order valence-corrected chi connectivity index (χ1v) is 10.7. The number of rotatable bonds is 4. The van der Waals surface area contributed by atoms with Gasteiger partial charge in [-0.25, -0.2) is 0 Å². The van der Waals surface area contributed by atoms with Crippen LogP contribution in [0, 0.1) is 17.8 Å². The Balaban J connectivity index is 1.27. The van der Waals surface area contributed by atoms with Crippen molar-refractivity contribution in [1.82, 2.24) is 0 Å². The Labute approximate surface area is 168 Å². The van der Waals surface area contributed by atoms with Crippen LogP contribution in [-0.2, 0) is 10.2 Å². The first-order valence-electron chi connectivity index (χ1n) is 9.93. The monoisotopic (exact) mass is 425 g/mol. The second-order valence-electron chi connectivity index (χ2n) is 8.74. The lowest BCUT2D eigenvalue weighted by molar-refractivity contribution is -0.111. The quantitative estimate of drug-likeness (QED) is 0.595. The SMILES string of the molecule is O=C(/C=C/c1ccc(Br)o1)Nc1ccc(C23CC4CC(CC(C4)C2)C3)cc1. The van der Waals surface area contributed by atoms with Crippen molar-refractivity contribution in [3.05, 3.63) is 58.5 Å². The van der Waals surface area contributed by atoms with E-state index < -0.39 is 0 Å². The van der Waals surface area contributed by atoms with Crippen LogP contribution < -0.4 is 5.32 Å². The summed E-state index contributed by atoms with van der Waals surface area (Å²) in [7, 11) is 0. The average Bonchev–Trinajstić information content (AvgIpc) is 3.05. The van der Waals surface area contributed by atoms with Gasteiger partial charge in [0.15, 0.2) is 4.67 Å². The van der Waals surface area contributed by atoms with Gasteiger partial charge in [0.05, 0.1) is 0 Å². The fraction of sp³-hybridized carbons (Fsp3) is 0.435. The fourth-order valence-corrected chi connectivity index (χ4v) is 6.45. The molecule has 0 unspecified atom stereocenters. The molecule has 1 amide bonds. The van der Waals surface area contributed by atoms with Gasteiger partial charge in [-0.3, -0.25) is 4.79 Å². The maximum atomic E-state index is 12.1. The van der Waals surface area contributed by atoms with Crippen molar-refractivity contribution < 1.29 is 9.21 Å². The van der Waals surface area contributed by atoms with Crippen molar-refractivity contribution in [3.63, 3.8) is 0 Å². The Morgan fingerprint density at radius 2 is 1.63 bits per heavy atom. The first-order chi connectivity index (χ1) is 13.1. The highest BCUT2D eigenvalue weighted by Gasteiger charge is 2.51. The molecule has 0 spiro atoms. The summed E-state index contributed by atoms with van der Waals surface area (Å²) in [5, 5.41) is 2.94. The minimum Gasteiger partial charge on any atom is -0.450 e. The van der Waals surface area contributed by atoms with Crippen molar-refractivity contribution in [1.29, 1.82) is 0 Å². The molecule has 27 heavy (non-hydrogen) atoms. The van der Waals surface area contributed by atoms with Crippen molar-refractivity contribution in [2.45, 2.75) is 43.9 Å². The van der Waals surface area contributed by atoms with E-state index in [1.54, 1.807) is 12.1 Å². The minimum absolute atomic E-state index is 0.148. The Hall–Kier alpha value is -1.81. The van der Waals surface area contributed by atoms with Crippen LogP contribution >= 0.6 is 15.9 Å². The first kappa shape index (κ1) is 17.3. The van der Waals surface area contributed by atoms with E-state index in [0.29, 0.717) is 15.8 Å². The third-order valence-corrected chi connectivity index (χ3v) is 7.22. The van der Waals surface area contributed by atoms with Crippen LogP contribution in [0.5, 0.6) is 0 Å². The predicted molar refractivity (Wildman–Crippen MR) is 110 cm³/mol. The summed E-state index contributed by atoms with van der Waals surface area (Å²) in [5.74, 6) is 3.34. The van der Waals surface area contributed by atoms with E-state index in [1.807, 2.05) is 6.07 Å². The van der Waals surface area contributed by atoms with E-state index in [1.165, 1.54) is 50.2 Å². The Bertz CT molecular complexity index is 845. The van der Waals surface area contributed by atoms with Gasteiger partial charge >= 0.3 is 0 Å². The van der Waals surface area contributed by atoms with Crippen molar-refractivity contribution in [2.75, 3.05) is 5.32 Å². The summed E-state index contributed by atoms with van der Waals surface area (Å²) in [6.45, 7) is 0. The lowest BCUT2D eigenvalue weighted by Gasteiger charge is -2.57. The molecule has 1 N–H and O–H groups in total. The van der Waals surface area contributed by atoms with Crippen LogP contribution in [0.25, 0.3) is 6.08 Å². The molecule has 140 valence electrons. The number of hydrogen-bond donors (Lipinski definition) is 1. The van der Waals surface area contributed by atoms with E-state index in [-0.39, 0.29) is 5.91 Å². The Morgan fingerprint density at radius 3 is 2.19 bits per heavy atom. The van der Waals surface area contributed by atoms with Crippen LogP contribution in [0.2, 0.25) is 0 Å². The standard InChI is InChI=1S/C23H24BrNO2/c24-21-7-5-20(27-21)6-8-22(26)25-19-3-1-18(2-4-19)23-12-15-9-16(13-23)11-17(10-15)14-23/h1-8,15-17H,9-14H2,(H,25,26)/b8-6+. The number of anilines is 1. The molecular formula is C23H24BrNO2. The normalized spacial score (nSPS) is 31.5. The molecular weight excluding hydrogens is 402 g/mol. The van der Waals surface area contributed by atoms with Crippen LogP contribution in [0.1, 0.15) is 49.8 Å². The summed E-state index contributed by atoms with van der Waals surface area (Å²) < 4.78 is 6.02. The highest BCUT2D eigenvalue weighted by molar-refractivity contribution is 9.10. The number of carbonyl (C=O) groups is 1. The molecule has 4 aliphatic rings. The van der Waals surface area contributed by atoms with Gasteiger partial charge in [-0.15, -0.1) is 0 Å². The highest BCUT2D eigenvalue weighted by Crippen LogP contribution is 2.60. The van der Waals surface area contributed by atoms with Crippen LogP contribution in [0.3, 0.4) is 0 Å². The smallest absolute Gasteiger partial charge is 0.248 e. The summed E-state index contributed by atoms with van der Waals surface area (Å²) >= 11 is 3.26. The molecule has 6 rings (SSSR count). The number of carbonyl (C=O) groups excluding carboxylic acids is 1. The fourth-order valence-electron chi connectivity index (χ4n) is 6.13. The van der Waals surface area contributed by atoms with Gasteiger partial charge in [-0.2, -0.15) is 0 Å². The third-order valence-electron chi connectivity index (χ3n) is 6.80. The summed E-state index contributed by atoms with van der Waals surface area (Å²) in [5.41, 5.74) is 2.73. The molecule has 0 atom stereocenters. The van der Waals surface area contributed by atoms with E-state index in [9.17, 15) is 4.79 Å². The number of halogens is 1. The molecule has 0 radical (unpaired) electrons. The van der Waals surface area contributed by atoms with Crippen LogP contribution in [-0.4, -0.2) is 5.91 Å². The minimum atomic E-state index is -0.148. The average molecular weight is 426 g/mol. The topological polar surface area (TPSA) is 42.2 Å². The van der Waals surface area contributed by atoms with Gasteiger partial charge in [0, 0.05) is 11.8 Å². The molecule has 0 aliphatic heterocycles. The number of benzene rings is 1. The van der Waals surface area contributed by atoms with Gasteiger partial charge in [-0.05, 0) is 114 Å². The number of amides is 1. The van der Waals surface area contributed by atoms with E-state index in [4.69, 9.17) is 4.42 Å². The maximum absolute atomic E-state index is 12.1. The second-order valence-corrected chi connectivity index (χ2v) is 9.52. The molecule has 1 heterocycles. The molecule has 4 bridgehead atoms. The number of nitrogens with one attached hydrogen (secondary N) is 1. The van der Waals surface area contributed by atoms with E-state index in [0.717, 1.165) is 23.4 Å². The number of hydrogen-bond acceptors (Lipinski definition) is 2. The van der Waals surface area contributed by atoms with Crippen molar-refractivity contribution in [2.24, 2.45) is 17.8 Å². The zero-order valence-corrected chi connectivity index (χ0v) is 16.9. The molecule has 2 aromatic rings. The zero-order valence-electron chi connectivity index (χ0n) is 15.3. The molecule has 4 saturated carbocycles. The van der Waals surface area contributed by atoms with Gasteiger partial charge in [0.1, 0.15) is 5.76 Å². The molecule has 4 fully saturated rings. The predicted octanol–water partition coefficient (Wildman–Crippen LogP) is 6.16. The Kier molecular flexibility index (Phi) is 4.27. The van der Waals surface area contributed by atoms with Crippen molar-refractivity contribution >= 4 is 33.6 Å². The zero-order chi connectivity index (χ0) is 18.4. The lowest BCUT2D eigenvalue weighted by atomic mass is 9.48. The van der Waals surface area contributed by atoms with Gasteiger partial charge in [-0.1, -0.05) is 12.1 Å². The Morgan fingerprint density at radius 1 is 1.00 bits per heavy atom. The molecule has 3 nitrogen and oxygen atoms in total. The molecule has 4 aliphatic carbocycles. The van der Waals surface area contributed by atoms with Gasteiger partial charge in [0.25, 0.3) is 0 Å². The lowest BCUT2D eigenvalue weighted by Crippen LogP contribution is -2.48. The molecule has 1 aromatic carbocycles. The van der Waals surface area contributed by atoms with Crippen LogP contribution in [0.4, 0.5) is 5.69 Å². The second kappa shape index (κ2) is 6.66. The summed E-state index contributed by atoms with van der Waals surface area (Å²) in [6.07, 6.45) is 11.7. The highest BCUT2D eigenvalue weighted by atomic mass is 79.9. The van der Waals surface area contributed by atoms with Crippen molar-refractivity contribution in [3.8, 4) is 0 Å². The maximum Gasteiger partial charge on any atom is 0.248 e. The molecule has 4 heteroatoms. The summed E-state index contributed by atoms with van der Waals surface area (Å²) in [4.78, 5) is 12.1.